The third-order valence-corrected chi connectivity index (χ3v) is 9.66. The van der Waals surface area contributed by atoms with Crippen LogP contribution in [0.15, 0.2) is 48.6 Å². The normalized spacial score (nSPS) is 43.5. The van der Waals surface area contributed by atoms with Crippen molar-refractivity contribution in [1.29, 1.82) is 0 Å². The van der Waals surface area contributed by atoms with E-state index in [1.165, 1.54) is 0 Å². The first-order chi connectivity index (χ1) is 24.5. The fraction of sp³-hybridized carbons (Fsp3) is 0.703. The van der Waals surface area contributed by atoms with Gasteiger partial charge in [-0.25, -0.2) is 0 Å². The number of carboxylic acid groups (broad SMARTS) is 1. The van der Waals surface area contributed by atoms with Crippen molar-refractivity contribution in [3.8, 4) is 0 Å². The van der Waals surface area contributed by atoms with Crippen molar-refractivity contribution in [2.24, 2.45) is 17.6 Å². The average Bonchev–Trinajstić information content (AvgIpc) is 3.04. The highest BCUT2D eigenvalue weighted by molar-refractivity contribution is 5.80. The van der Waals surface area contributed by atoms with E-state index in [1.54, 1.807) is 69.4 Å². The number of hydrogen-bond donors (Lipinski definition) is 8. The minimum absolute atomic E-state index is 0.0197. The lowest BCUT2D eigenvalue weighted by Gasteiger charge is -2.45. The summed E-state index contributed by atoms with van der Waals surface area (Å²) in [7, 11) is 0. The molecular formula is C37H57NO14. The molecule has 0 aromatic carbocycles. The van der Waals surface area contributed by atoms with E-state index in [1.807, 2.05) is 0 Å². The number of nitrogens with two attached hydrogens (primary N) is 1. The molecular weight excluding hydrogens is 682 g/mol. The molecule has 3 rings (SSSR count). The monoisotopic (exact) mass is 739 g/mol. The zero-order valence-electron chi connectivity index (χ0n) is 30.1. The molecule has 0 aromatic heterocycles. The number of aliphatic hydroxyl groups is 6. The third-order valence-electron chi connectivity index (χ3n) is 9.66. The summed E-state index contributed by atoms with van der Waals surface area (Å²) in [5.74, 6) is -6.84. The smallest absolute Gasteiger partial charge is 0.311 e. The highest BCUT2D eigenvalue weighted by Gasteiger charge is 2.50. The fourth-order valence-electron chi connectivity index (χ4n) is 6.72. The lowest BCUT2D eigenvalue weighted by molar-refractivity contribution is -0.308. The van der Waals surface area contributed by atoms with Crippen molar-refractivity contribution in [3.63, 3.8) is 0 Å². The van der Waals surface area contributed by atoms with Crippen LogP contribution >= 0.6 is 0 Å². The van der Waals surface area contributed by atoms with Gasteiger partial charge < -0.3 is 60.4 Å². The van der Waals surface area contributed by atoms with Gasteiger partial charge in [0.15, 0.2) is 12.1 Å². The Morgan fingerprint density at radius 2 is 1.65 bits per heavy atom. The zero-order chi connectivity index (χ0) is 38.6. The first-order valence-corrected chi connectivity index (χ1v) is 18.0. The Balaban J connectivity index is 1.88. The molecule has 0 aromatic rings. The van der Waals surface area contributed by atoms with Crippen molar-refractivity contribution in [1.82, 2.24) is 0 Å². The number of hydrogen-bond acceptors (Lipinski definition) is 14. The van der Waals surface area contributed by atoms with E-state index in [0.717, 1.165) is 0 Å². The number of allylic oxidation sites excluding steroid dienone is 6. The molecule has 14 atom stereocenters. The minimum atomic E-state index is -2.15. The molecule has 0 aliphatic carbocycles. The van der Waals surface area contributed by atoms with Crippen molar-refractivity contribution in [2.45, 2.75) is 152 Å². The lowest BCUT2D eigenvalue weighted by Crippen LogP contribution is -2.61. The number of ether oxygens (including phenoxy) is 4. The molecule has 2 bridgehead atoms. The summed E-state index contributed by atoms with van der Waals surface area (Å²) in [5.41, 5.74) is 5.98. The molecule has 0 amide bonds. The van der Waals surface area contributed by atoms with Gasteiger partial charge in [-0.05, 0) is 33.1 Å². The second-order valence-corrected chi connectivity index (χ2v) is 14.1. The summed E-state index contributed by atoms with van der Waals surface area (Å²) >= 11 is 0. The number of carbonyl (C=O) groups excluding carboxylic acids is 2. The summed E-state index contributed by atoms with van der Waals surface area (Å²) < 4.78 is 23.1. The molecule has 294 valence electrons. The zero-order valence-corrected chi connectivity index (χ0v) is 30.1. The van der Waals surface area contributed by atoms with Crippen LogP contribution in [-0.4, -0.2) is 127 Å². The average molecular weight is 740 g/mol. The maximum Gasteiger partial charge on any atom is 0.311 e. The summed E-state index contributed by atoms with van der Waals surface area (Å²) in [4.78, 5) is 37.8. The molecule has 3 aliphatic rings. The molecule has 0 saturated carbocycles. The number of rotatable bonds is 4. The van der Waals surface area contributed by atoms with Crippen LogP contribution < -0.4 is 5.73 Å². The molecule has 15 heteroatoms. The van der Waals surface area contributed by atoms with E-state index in [4.69, 9.17) is 24.7 Å². The number of carbonyl (C=O) groups is 3. The number of aliphatic carboxylic acids is 1. The van der Waals surface area contributed by atoms with Gasteiger partial charge in [0.1, 0.15) is 23.9 Å². The summed E-state index contributed by atoms with van der Waals surface area (Å²) in [6.07, 6.45) is 1.33. The molecule has 2 saturated heterocycles. The maximum absolute atomic E-state index is 12.8. The van der Waals surface area contributed by atoms with Crippen molar-refractivity contribution >= 4 is 17.7 Å². The number of aliphatic hydroxyl groups excluding tert-OH is 5. The van der Waals surface area contributed by atoms with Crippen LogP contribution in [0.25, 0.3) is 0 Å². The van der Waals surface area contributed by atoms with Crippen LogP contribution in [0.2, 0.25) is 0 Å². The lowest BCUT2D eigenvalue weighted by atomic mass is 9.83. The molecule has 9 N–H and O–H groups in total. The van der Waals surface area contributed by atoms with Crippen molar-refractivity contribution in [3.05, 3.63) is 48.6 Å². The van der Waals surface area contributed by atoms with Crippen molar-refractivity contribution < 1.29 is 69.1 Å². The minimum Gasteiger partial charge on any atom is -0.481 e. The van der Waals surface area contributed by atoms with Gasteiger partial charge in [0.2, 0.25) is 0 Å². The third kappa shape index (κ3) is 12.9. The van der Waals surface area contributed by atoms with Crippen LogP contribution in [-0.2, 0) is 33.3 Å². The second kappa shape index (κ2) is 20.6. The predicted octanol–water partition coefficient (Wildman–Crippen LogP) is 0.923. The van der Waals surface area contributed by atoms with E-state index >= 15 is 0 Å². The fourth-order valence-corrected chi connectivity index (χ4v) is 6.72. The van der Waals surface area contributed by atoms with Gasteiger partial charge in [0, 0.05) is 38.5 Å². The Kier molecular flexibility index (Phi) is 17.2. The largest absolute Gasteiger partial charge is 0.481 e. The molecule has 0 radical (unpaired) electrons. The first-order valence-electron chi connectivity index (χ1n) is 18.0. The number of cyclic esters (lactones) is 1. The van der Waals surface area contributed by atoms with Crippen LogP contribution in [0, 0.1) is 11.8 Å². The Morgan fingerprint density at radius 1 is 0.981 bits per heavy atom. The summed E-state index contributed by atoms with van der Waals surface area (Å²) in [6.45, 7) is 5.00. The van der Waals surface area contributed by atoms with Crippen LogP contribution in [0.1, 0.15) is 78.6 Å². The number of esters is 1. The van der Waals surface area contributed by atoms with Crippen molar-refractivity contribution in [2.75, 3.05) is 0 Å². The maximum atomic E-state index is 12.8. The number of carboxylic acids is 1. The van der Waals surface area contributed by atoms with Crippen LogP contribution in [0.4, 0.5) is 0 Å². The molecule has 0 spiro atoms. The molecule has 3 heterocycles. The Hall–Kier alpha value is -2.83. The molecule has 0 unspecified atom stereocenters. The van der Waals surface area contributed by atoms with E-state index in [-0.39, 0.29) is 44.3 Å². The van der Waals surface area contributed by atoms with E-state index in [0.29, 0.717) is 6.42 Å². The highest BCUT2D eigenvalue weighted by atomic mass is 16.7. The number of Topliss-reactive ketones (excluding diaryl/α,β-unsaturated/α-hetero) is 1. The Labute approximate surface area is 304 Å². The Bertz CT molecular complexity index is 1290. The van der Waals surface area contributed by atoms with E-state index in [9.17, 15) is 50.1 Å². The SMILES string of the molecule is CC[C@@H]1C(=O)O[C@H](C)C/C=C/C=C/C=C/C=C/[C@H](O[C@@H]2O[C@H](C)[C@@H](O)[C@H](N)[C@@H]2O)C[C@@H]2O[C@](O)(C[C@@H](O)CCCC(=O)C[C@H]1O)C[C@H](O)[C@H]2C(=O)O. The second-order valence-electron chi connectivity index (χ2n) is 14.1. The van der Waals surface area contributed by atoms with Gasteiger partial charge in [0.25, 0.3) is 0 Å². The van der Waals surface area contributed by atoms with Gasteiger partial charge in [-0.1, -0.05) is 55.5 Å². The molecule has 52 heavy (non-hydrogen) atoms. The van der Waals surface area contributed by atoms with E-state index < -0.39 is 110 Å². The van der Waals surface area contributed by atoms with E-state index in [2.05, 4.69) is 0 Å². The number of fused-ring (bicyclic) bond motifs is 2. The van der Waals surface area contributed by atoms with Gasteiger partial charge in [-0.3, -0.25) is 14.4 Å². The quantitative estimate of drug-likeness (QED) is 0.187. The van der Waals surface area contributed by atoms with Crippen LogP contribution in [0.5, 0.6) is 0 Å². The summed E-state index contributed by atoms with van der Waals surface area (Å²) in [5, 5.41) is 74.8. The van der Waals surface area contributed by atoms with Gasteiger partial charge >= 0.3 is 11.9 Å². The molecule has 3 aliphatic heterocycles. The predicted molar refractivity (Wildman–Crippen MR) is 186 cm³/mol. The number of ketones is 1. The van der Waals surface area contributed by atoms with Gasteiger partial charge in [-0.2, -0.15) is 0 Å². The van der Waals surface area contributed by atoms with Gasteiger partial charge in [0.05, 0.1) is 54.7 Å². The Morgan fingerprint density at radius 3 is 2.33 bits per heavy atom. The standard InChI is InChI=1S/C37H57NO14/c1-4-26-27(41)17-23(39)14-12-15-24(40)19-37(48)20-28(42)30(34(45)46)29(52-37)18-25(51-36-33(44)31(38)32(43)22(3)50-36)16-11-9-7-5-6-8-10-13-21(2)49-35(26)47/h5-11,16,21-22,24-33,36,40-44,48H,4,12-15,17-20,38H2,1-3H3,(H,45,46)/b6-5+,9-7+,10-8+,16-11+/t21-,22-,24+,25+,26+,27-,28+,29+,30-,31+,32-,33+,36+,37-/m1/s1. The summed E-state index contributed by atoms with van der Waals surface area (Å²) in [6, 6.07) is -1.10. The highest BCUT2D eigenvalue weighted by Crippen LogP contribution is 2.38. The van der Waals surface area contributed by atoms with Crippen LogP contribution in [0.3, 0.4) is 0 Å². The molecule has 2 fully saturated rings. The van der Waals surface area contributed by atoms with Gasteiger partial charge in [-0.15, -0.1) is 0 Å². The molecule has 15 nitrogen and oxygen atoms in total. The topological polar surface area (TPSA) is 256 Å². The first kappa shape index (κ1) is 43.6.